The third-order valence-electron chi connectivity index (χ3n) is 2.80. The molecule has 1 atom stereocenters. The fourth-order valence-electron chi connectivity index (χ4n) is 1.80. The first kappa shape index (κ1) is 8.68. The van der Waals surface area contributed by atoms with Crippen molar-refractivity contribution in [2.24, 2.45) is 0 Å². The van der Waals surface area contributed by atoms with Crippen molar-refractivity contribution in [3.8, 4) is 5.69 Å². The Balaban J connectivity index is 2.15. The second-order valence-corrected chi connectivity index (χ2v) is 3.99. The molecule has 0 radical (unpaired) electrons. The molecule has 0 bridgehead atoms. The molecular formula is C12H12N2O. The molecular weight excluding hydrogens is 188 g/mol. The number of hydrogen-bond donors (Lipinski definition) is 0. The van der Waals surface area contributed by atoms with Crippen LogP contribution < -0.4 is 0 Å². The van der Waals surface area contributed by atoms with Gasteiger partial charge in [-0.3, -0.25) is 0 Å². The highest BCUT2D eigenvalue weighted by molar-refractivity contribution is 5.45. The average molecular weight is 200 g/mol. The number of epoxide rings is 1. The van der Waals surface area contributed by atoms with Gasteiger partial charge in [-0.05, 0) is 19.1 Å². The van der Waals surface area contributed by atoms with Crippen molar-refractivity contribution in [2.75, 3.05) is 6.61 Å². The van der Waals surface area contributed by atoms with Crippen molar-refractivity contribution in [1.29, 1.82) is 0 Å². The fraction of sp³-hybridized carbons (Fsp3) is 0.250. The number of rotatable bonds is 2. The molecule has 0 aliphatic carbocycles. The Hall–Kier alpha value is -1.61. The Morgan fingerprint density at radius 2 is 2.13 bits per heavy atom. The summed E-state index contributed by atoms with van der Waals surface area (Å²) in [5.41, 5.74) is 2.19. The van der Waals surface area contributed by atoms with Gasteiger partial charge < -0.3 is 4.74 Å². The minimum absolute atomic E-state index is 0.109. The van der Waals surface area contributed by atoms with Gasteiger partial charge in [-0.25, -0.2) is 4.68 Å². The first-order valence-electron chi connectivity index (χ1n) is 5.03. The third-order valence-corrected chi connectivity index (χ3v) is 2.80. The summed E-state index contributed by atoms with van der Waals surface area (Å²) in [6, 6.07) is 10.1. The van der Waals surface area contributed by atoms with E-state index in [0.29, 0.717) is 0 Å². The van der Waals surface area contributed by atoms with Crippen LogP contribution in [0.2, 0.25) is 0 Å². The first-order chi connectivity index (χ1) is 7.30. The zero-order chi connectivity index (χ0) is 10.3. The smallest absolute Gasteiger partial charge is 0.116 e. The number of ether oxygens (including phenoxy) is 1. The van der Waals surface area contributed by atoms with Crippen LogP contribution in [0.4, 0.5) is 0 Å². The molecule has 1 aliphatic rings. The van der Waals surface area contributed by atoms with Gasteiger partial charge in [0.2, 0.25) is 0 Å². The predicted molar refractivity (Wildman–Crippen MR) is 56.9 cm³/mol. The van der Waals surface area contributed by atoms with Gasteiger partial charge in [0.1, 0.15) is 5.60 Å². The monoisotopic (exact) mass is 200 g/mol. The Kier molecular flexibility index (Phi) is 1.70. The van der Waals surface area contributed by atoms with E-state index in [2.05, 4.69) is 24.2 Å². The molecule has 2 heterocycles. The third kappa shape index (κ3) is 1.36. The highest BCUT2D eigenvalue weighted by Gasteiger charge is 2.42. The van der Waals surface area contributed by atoms with E-state index >= 15 is 0 Å². The van der Waals surface area contributed by atoms with Crippen molar-refractivity contribution >= 4 is 0 Å². The normalized spacial score (nSPS) is 24.1. The lowest BCUT2D eigenvalue weighted by Crippen LogP contribution is -2.08. The summed E-state index contributed by atoms with van der Waals surface area (Å²) in [4.78, 5) is 0. The van der Waals surface area contributed by atoms with E-state index in [9.17, 15) is 0 Å². The lowest BCUT2D eigenvalue weighted by atomic mass is 10.0. The van der Waals surface area contributed by atoms with Crippen molar-refractivity contribution in [1.82, 2.24) is 9.78 Å². The maximum Gasteiger partial charge on any atom is 0.116 e. The van der Waals surface area contributed by atoms with Crippen LogP contribution in [-0.4, -0.2) is 16.4 Å². The number of hydrogen-bond acceptors (Lipinski definition) is 2. The van der Waals surface area contributed by atoms with Gasteiger partial charge >= 0.3 is 0 Å². The Morgan fingerprint density at radius 3 is 2.80 bits per heavy atom. The number of aromatic nitrogens is 2. The predicted octanol–water partition coefficient (Wildman–Crippen LogP) is 2.12. The summed E-state index contributed by atoms with van der Waals surface area (Å²) in [7, 11) is 0. The SMILES string of the molecule is CC1(c2ccccc2-n2cccn2)CO1. The lowest BCUT2D eigenvalue weighted by Gasteiger charge is -2.12. The summed E-state index contributed by atoms with van der Waals surface area (Å²) in [5.74, 6) is 0. The van der Waals surface area contributed by atoms with Crippen LogP contribution >= 0.6 is 0 Å². The molecule has 1 aliphatic heterocycles. The fourth-order valence-corrected chi connectivity index (χ4v) is 1.80. The quantitative estimate of drug-likeness (QED) is 0.695. The summed E-state index contributed by atoms with van der Waals surface area (Å²) in [6.07, 6.45) is 3.73. The van der Waals surface area contributed by atoms with E-state index in [1.807, 2.05) is 29.1 Å². The van der Waals surface area contributed by atoms with E-state index in [1.54, 1.807) is 6.20 Å². The van der Waals surface area contributed by atoms with Gasteiger partial charge in [-0.1, -0.05) is 18.2 Å². The Morgan fingerprint density at radius 1 is 1.33 bits per heavy atom. The molecule has 76 valence electrons. The van der Waals surface area contributed by atoms with Gasteiger partial charge in [-0.15, -0.1) is 0 Å². The van der Waals surface area contributed by atoms with Gasteiger partial charge in [0, 0.05) is 18.0 Å². The highest BCUT2D eigenvalue weighted by Crippen LogP contribution is 2.40. The Labute approximate surface area is 88.3 Å². The van der Waals surface area contributed by atoms with Crippen LogP contribution in [0, 0.1) is 0 Å². The minimum atomic E-state index is -0.109. The molecule has 0 saturated carbocycles. The van der Waals surface area contributed by atoms with Crippen LogP contribution in [0.3, 0.4) is 0 Å². The molecule has 1 aromatic heterocycles. The summed E-state index contributed by atoms with van der Waals surface area (Å²) in [6.45, 7) is 2.90. The molecule has 0 amide bonds. The van der Waals surface area contributed by atoms with Crippen LogP contribution in [-0.2, 0) is 10.3 Å². The first-order valence-corrected chi connectivity index (χ1v) is 5.03. The topological polar surface area (TPSA) is 30.4 Å². The van der Waals surface area contributed by atoms with E-state index < -0.39 is 0 Å². The molecule has 3 heteroatoms. The minimum Gasteiger partial charge on any atom is -0.365 e. The van der Waals surface area contributed by atoms with Crippen molar-refractivity contribution in [3.63, 3.8) is 0 Å². The highest BCUT2D eigenvalue weighted by atomic mass is 16.6. The van der Waals surface area contributed by atoms with Crippen LogP contribution in [0.25, 0.3) is 5.69 Å². The molecule has 3 nitrogen and oxygen atoms in total. The molecule has 1 aromatic carbocycles. The van der Waals surface area contributed by atoms with Crippen LogP contribution in [0.5, 0.6) is 0 Å². The molecule has 0 N–H and O–H groups in total. The maximum absolute atomic E-state index is 5.48. The van der Waals surface area contributed by atoms with Crippen molar-refractivity contribution in [2.45, 2.75) is 12.5 Å². The zero-order valence-corrected chi connectivity index (χ0v) is 8.55. The zero-order valence-electron chi connectivity index (χ0n) is 8.55. The second kappa shape index (κ2) is 2.94. The molecule has 1 unspecified atom stereocenters. The molecule has 2 aromatic rings. The second-order valence-electron chi connectivity index (χ2n) is 3.99. The van der Waals surface area contributed by atoms with Crippen molar-refractivity contribution < 1.29 is 4.74 Å². The Bertz CT molecular complexity index is 472. The van der Waals surface area contributed by atoms with E-state index in [0.717, 1.165) is 12.3 Å². The number of para-hydroxylation sites is 1. The molecule has 1 fully saturated rings. The summed E-state index contributed by atoms with van der Waals surface area (Å²) >= 11 is 0. The standard InChI is InChI=1S/C12H12N2O/c1-12(9-15-12)10-5-2-3-6-11(10)14-8-4-7-13-14/h2-8H,9H2,1H3. The average Bonchev–Trinajstić information content (AvgIpc) is 2.84. The van der Waals surface area contributed by atoms with Gasteiger partial charge in [0.15, 0.2) is 0 Å². The molecule has 1 saturated heterocycles. The van der Waals surface area contributed by atoms with Gasteiger partial charge in [0.25, 0.3) is 0 Å². The van der Waals surface area contributed by atoms with Crippen LogP contribution in [0.1, 0.15) is 12.5 Å². The molecule has 15 heavy (non-hydrogen) atoms. The van der Waals surface area contributed by atoms with Gasteiger partial charge in [0.05, 0.1) is 12.3 Å². The molecule has 3 rings (SSSR count). The van der Waals surface area contributed by atoms with Crippen LogP contribution in [0.15, 0.2) is 42.7 Å². The molecule has 0 spiro atoms. The summed E-state index contributed by atoms with van der Waals surface area (Å²) < 4.78 is 7.36. The van der Waals surface area contributed by atoms with E-state index in [-0.39, 0.29) is 5.60 Å². The van der Waals surface area contributed by atoms with Gasteiger partial charge in [-0.2, -0.15) is 5.10 Å². The van der Waals surface area contributed by atoms with E-state index in [1.165, 1.54) is 5.56 Å². The van der Waals surface area contributed by atoms with E-state index in [4.69, 9.17) is 4.74 Å². The lowest BCUT2D eigenvalue weighted by molar-refractivity contribution is 0.329. The number of benzene rings is 1. The van der Waals surface area contributed by atoms with Crippen molar-refractivity contribution in [3.05, 3.63) is 48.3 Å². The summed E-state index contributed by atoms with van der Waals surface area (Å²) in [5, 5.41) is 4.25. The maximum atomic E-state index is 5.48. The number of nitrogens with zero attached hydrogens (tertiary/aromatic N) is 2. The largest absolute Gasteiger partial charge is 0.365 e.